The van der Waals surface area contributed by atoms with Crippen molar-refractivity contribution in [3.63, 3.8) is 0 Å². The molecule has 0 aliphatic rings. The van der Waals surface area contributed by atoms with Crippen LogP contribution >= 0.6 is 0 Å². The van der Waals surface area contributed by atoms with Crippen LogP contribution in [0.5, 0.6) is 11.5 Å². The van der Waals surface area contributed by atoms with Gasteiger partial charge in [0.15, 0.2) is 0 Å². The molecule has 3 N–H and O–H groups in total. The molecule has 0 bridgehead atoms. The van der Waals surface area contributed by atoms with E-state index in [2.05, 4.69) is 10.6 Å². The number of hydrogen-bond acceptors (Lipinski definition) is 6. The number of ether oxygens (including phenoxy) is 2. The molecular formula is C15H17N3O5. The molecule has 0 heterocycles. The Hall–Kier alpha value is -3.21. The number of nitriles is 1. The van der Waals surface area contributed by atoms with Crippen LogP contribution in [0.25, 0.3) is 0 Å². The van der Waals surface area contributed by atoms with Crippen molar-refractivity contribution in [2.45, 2.75) is 13.0 Å². The van der Waals surface area contributed by atoms with E-state index >= 15 is 0 Å². The minimum atomic E-state index is -1.10. The van der Waals surface area contributed by atoms with Crippen LogP contribution in [0.4, 0.5) is 5.69 Å². The van der Waals surface area contributed by atoms with Crippen LogP contribution in [-0.4, -0.2) is 37.2 Å². The number of methoxy groups -OCH3 is 2. The highest BCUT2D eigenvalue weighted by Gasteiger charge is 2.15. The molecule has 1 rings (SSSR count). The van der Waals surface area contributed by atoms with Gasteiger partial charge in [0.05, 0.1) is 19.9 Å². The van der Waals surface area contributed by atoms with E-state index in [-0.39, 0.29) is 5.57 Å². The van der Waals surface area contributed by atoms with E-state index in [1.54, 1.807) is 24.3 Å². The Kier molecular flexibility index (Phi) is 6.43. The number of carbonyl (C=O) groups excluding carboxylic acids is 1. The fourth-order valence-electron chi connectivity index (χ4n) is 1.53. The minimum absolute atomic E-state index is 0.275. The predicted octanol–water partition coefficient (Wildman–Crippen LogP) is 1.11. The summed E-state index contributed by atoms with van der Waals surface area (Å²) in [4.78, 5) is 22.8. The van der Waals surface area contributed by atoms with Crippen molar-refractivity contribution in [2.24, 2.45) is 0 Å². The average molecular weight is 319 g/mol. The predicted molar refractivity (Wildman–Crippen MR) is 82.1 cm³/mol. The molecule has 8 nitrogen and oxygen atoms in total. The fraction of sp³-hybridized carbons (Fsp3) is 0.267. The molecule has 1 unspecified atom stereocenters. The van der Waals surface area contributed by atoms with Gasteiger partial charge in [0.2, 0.25) is 0 Å². The number of anilines is 1. The normalized spacial score (nSPS) is 11.8. The van der Waals surface area contributed by atoms with Crippen molar-refractivity contribution in [3.8, 4) is 17.6 Å². The summed E-state index contributed by atoms with van der Waals surface area (Å²) in [6, 6.07) is 5.58. The van der Waals surface area contributed by atoms with Crippen molar-refractivity contribution in [2.75, 3.05) is 19.5 Å². The van der Waals surface area contributed by atoms with Crippen LogP contribution in [-0.2, 0) is 9.59 Å². The van der Waals surface area contributed by atoms with Crippen molar-refractivity contribution >= 4 is 17.6 Å². The molecule has 0 aliphatic carbocycles. The van der Waals surface area contributed by atoms with Crippen LogP contribution in [0, 0.1) is 11.3 Å². The molecule has 0 saturated heterocycles. The second-order valence-electron chi connectivity index (χ2n) is 4.42. The Bertz CT molecular complexity index is 664. The lowest BCUT2D eigenvalue weighted by atomic mass is 10.2. The Balaban J connectivity index is 2.94. The highest BCUT2D eigenvalue weighted by Crippen LogP contribution is 2.29. The maximum Gasteiger partial charge on any atom is 0.325 e. The first-order valence-electron chi connectivity index (χ1n) is 6.55. The maximum absolute atomic E-state index is 12.1. The highest BCUT2D eigenvalue weighted by molar-refractivity contribution is 6.07. The molecular weight excluding hydrogens is 302 g/mol. The Morgan fingerprint density at radius 3 is 2.57 bits per heavy atom. The first-order chi connectivity index (χ1) is 10.9. The van der Waals surface area contributed by atoms with E-state index < -0.39 is 17.9 Å². The molecule has 0 aromatic heterocycles. The summed E-state index contributed by atoms with van der Waals surface area (Å²) in [6.07, 6.45) is 1.06. The quantitative estimate of drug-likeness (QED) is 0.508. The molecule has 1 aromatic carbocycles. The zero-order chi connectivity index (χ0) is 17.4. The number of carbonyl (C=O) groups is 2. The lowest BCUT2D eigenvalue weighted by molar-refractivity contribution is -0.138. The standard InChI is InChI=1S/C15H17N3O5/c1-9(15(20)21)17-8-10(7-16)14(19)18-12-6-11(22-2)4-5-13(12)23-3/h4-6,8-9,17H,1-3H3,(H,18,19)(H,20,21)/b10-8-. The molecule has 0 spiro atoms. The molecule has 23 heavy (non-hydrogen) atoms. The van der Waals surface area contributed by atoms with E-state index in [1.165, 1.54) is 21.1 Å². The van der Waals surface area contributed by atoms with Gasteiger partial charge in [-0.05, 0) is 19.1 Å². The van der Waals surface area contributed by atoms with E-state index in [0.717, 1.165) is 6.20 Å². The summed E-state index contributed by atoms with van der Waals surface area (Å²) in [6.45, 7) is 1.39. The first-order valence-corrected chi connectivity index (χ1v) is 6.55. The van der Waals surface area contributed by atoms with Crippen molar-refractivity contribution in [1.29, 1.82) is 5.26 Å². The molecule has 0 fully saturated rings. The third kappa shape index (κ3) is 4.93. The number of aliphatic carboxylic acids is 1. The Labute approximate surface area is 133 Å². The molecule has 122 valence electrons. The van der Waals surface area contributed by atoms with Crippen molar-refractivity contribution in [3.05, 3.63) is 30.0 Å². The van der Waals surface area contributed by atoms with E-state index in [1.807, 2.05) is 0 Å². The second kappa shape index (κ2) is 8.29. The van der Waals surface area contributed by atoms with Crippen LogP contribution in [0.1, 0.15) is 6.92 Å². The Morgan fingerprint density at radius 2 is 2.04 bits per heavy atom. The SMILES string of the molecule is COc1ccc(OC)c(NC(=O)/C(C#N)=C\NC(C)C(=O)O)c1. The summed E-state index contributed by atoms with van der Waals surface area (Å²) >= 11 is 0. The number of nitrogens with one attached hydrogen (secondary N) is 2. The maximum atomic E-state index is 12.1. The second-order valence-corrected chi connectivity index (χ2v) is 4.42. The molecule has 8 heteroatoms. The topological polar surface area (TPSA) is 121 Å². The minimum Gasteiger partial charge on any atom is -0.497 e. The summed E-state index contributed by atoms with van der Waals surface area (Å²) in [5.41, 5.74) is 0.0484. The number of benzene rings is 1. The highest BCUT2D eigenvalue weighted by atomic mass is 16.5. The molecule has 0 saturated carbocycles. The Morgan fingerprint density at radius 1 is 1.35 bits per heavy atom. The summed E-state index contributed by atoms with van der Waals surface area (Å²) < 4.78 is 10.2. The average Bonchev–Trinajstić information content (AvgIpc) is 2.54. The van der Waals surface area contributed by atoms with Gasteiger partial charge in [-0.3, -0.25) is 9.59 Å². The first kappa shape index (κ1) is 17.8. The van der Waals surface area contributed by atoms with Crippen molar-refractivity contribution in [1.82, 2.24) is 5.32 Å². The van der Waals surface area contributed by atoms with Gasteiger partial charge >= 0.3 is 5.97 Å². The van der Waals surface area contributed by atoms with E-state index in [4.69, 9.17) is 19.8 Å². The van der Waals surface area contributed by atoms with Gasteiger partial charge in [0.25, 0.3) is 5.91 Å². The van der Waals surface area contributed by atoms with Gasteiger partial charge in [-0.1, -0.05) is 0 Å². The third-order valence-corrected chi connectivity index (χ3v) is 2.87. The van der Waals surface area contributed by atoms with E-state index in [0.29, 0.717) is 17.2 Å². The zero-order valence-electron chi connectivity index (χ0n) is 12.9. The molecule has 1 amide bonds. The van der Waals surface area contributed by atoms with Gasteiger partial charge in [0, 0.05) is 12.3 Å². The third-order valence-electron chi connectivity index (χ3n) is 2.87. The van der Waals surface area contributed by atoms with Gasteiger partial charge in [0.1, 0.15) is 29.2 Å². The van der Waals surface area contributed by atoms with Crippen LogP contribution in [0.3, 0.4) is 0 Å². The number of rotatable bonds is 7. The lowest BCUT2D eigenvalue weighted by Crippen LogP contribution is -2.30. The van der Waals surface area contributed by atoms with Crippen LogP contribution in [0.2, 0.25) is 0 Å². The van der Waals surface area contributed by atoms with Gasteiger partial charge < -0.3 is 25.2 Å². The number of hydrogen-bond donors (Lipinski definition) is 3. The monoisotopic (exact) mass is 319 g/mol. The van der Waals surface area contributed by atoms with Gasteiger partial charge in [-0.2, -0.15) is 5.26 Å². The molecule has 0 radical (unpaired) electrons. The van der Waals surface area contributed by atoms with Gasteiger partial charge in [-0.15, -0.1) is 0 Å². The number of carboxylic acids is 1. The summed E-state index contributed by atoms with van der Waals surface area (Å²) in [7, 11) is 2.92. The van der Waals surface area contributed by atoms with Crippen LogP contribution < -0.4 is 20.1 Å². The summed E-state index contributed by atoms with van der Waals surface area (Å²) in [5, 5.41) is 22.8. The molecule has 0 aliphatic heterocycles. The number of amides is 1. The number of carboxylic acid groups (broad SMARTS) is 1. The lowest BCUT2D eigenvalue weighted by Gasteiger charge is -2.12. The van der Waals surface area contributed by atoms with E-state index in [9.17, 15) is 9.59 Å². The van der Waals surface area contributed by atoms with Crippen LogP contribution in [0.15, 0.2) is 30.0 Å². The fourth-order valence-corrected chi connectivity index (χ4v) is 1.53. The largest absolute Gasteiger partial charge is 0.497 e. The van der Waals surface area contributed by atoms with Crippen molar-refractivity contribution < 1.29 is 24.2 Å². The summed E-state index contributed by atoms with van der Waals surface area (Å²) in [5.74, 6) is -0.915. The number of nitrogens with zero attached hydrogens (tertiary/aromatic N) is 1. The molecule has 1 aromatic rings. The molecule has 1 atom stereocenters. The smallest absolute Gasteiger partial charge is 0.325 e. The van der Waals surface area contributed by atoms with Gasteiger partial charge in [-0.25, -0.2) is 0 Å². The zero-order valence-corrected chi connectivity index (χ0v) is 12.9.